The topological polar surface area (TPSA) is 58.2 Å². The first kappa shape index (κ1) is 18.4. The summed E-state index contributed by atoms with van der Waals surface area (Å²) in [7, 11) is 0. The molecule has 2 N–H and O–H groups in total. The number of hydrogen-bond donors (Lipinski definition) is 2. The number of amides is 2. The number of hydrogen-bond acceptors (Lipinski definition) is 4. The van der Waals surface area contributed by atoms with Crippen molar-refractivity contribution in [1.82, 2.24) is 0 Å². The highest BCUT2D eigenvalue weighted by Crippen LogP contribution is 2.19. The first-order chi connectivity index (χ1) is 11.6. The number of carbonyl (C=O) groups is 2. The van der Waals surface area contributed by atoms with Crippen LogP contribution in [0.5, 0.6) is 0 Å². The van der Waals surface area contributed by atoms with Crippen molar-refractivity contribution in [1.29, 1.82) is 0 Å². The van der Waals surface area contributed by atoms with Gasteiger partial charge in [-0.05, 0) is 48.2 Å². The van der Waals surface area contributed by atoms with Crippen molar-refractivity contribution in [3.05, 3.63) is 54.1 Å². The third kappa shape index (κ3) is 6.29. The van der Waals surface area contributed by atoms with E-state index in [2.05, 4.69) is 41.2 Å². The molecule has 0 fully saturated rings. The summed E-state index contributed by atoms with van der Waals surface area (Å²) in [5.74, 6) is 1.06. The molecule has 0 aromatic heterocycles. The molecule has 0 aliphatic carbocycles. The van der Waals surface area contributed by atoms with Crippen molar-refractivity contribution in [2.45, 2.75) is 17.6 Å². The van der Waals surface area contributed by atoms with E-state index < -0.39 is 0 Å². The maximum atomic E-state index is 12.0. The minimum atomic E-state index is -0.117. The predicted octanol–water partition coefficient (Wildman–Crippen LogP) is 4.24. The van der Waals surface area contributed by atoms with E-state index in [-0.39, 0.29) is 11.8 Å². The zero-order valence-corrected chi connectivity index (χ0v) is 15.3. The molecule has 0 spiro atoms. The van der Waals surface area contributed by atoms with Gasteiger partial charge in [-0.3, -0.25) is 9.59 Å². The first-order valence-corrected chi connectivity index (χ1v) is 9.83. The number of benzene rings is 2. The second-order valence-corrected chi connectivity index (χ2v) is 7.01. The molecule has 2 rings (SSSR count). The van der Waals surface area contributed by atoms with E-state index in [0.29, 0.717) is 11.4 Å². The van der Waals surface area contributed by atoms with E-state index in [1.54, 1.807) is 47.8 Å². The molecule has 0 radical (unpaired) electrons. The summed E-state index contributed by atoms with van der Waals surface area (Å²) in [5.41, 5.74) is 2.65. The summed E-state index contributed by atoms with van der Waals surface area (Å²) >= 11 is 3.30. The molecular weight excluding hydrogens is 340 g/mol. The molecule has 0 bridgehead atoms. The summed E-state index contributed by atoms with van der Waals surface area (Å²) < 4.78 is 0. The van der Waals surface area contributed by atoms with Crippen LogP contribution in [0.1, 0.15) is 12.5 Å². The van der Waals surface area contributed by atoms with Gasteiger partial charge in [-0.1, -0.05) is 12.1 Å². The number of thioether (sulfide) groups is 2. The number of carbonyl (C=O) groups excluding carboxylic acids is 2. The smallest absolute Gasteiger partial charge is 0.234 e. The Kier molecular flexibility index (Phi) is 7.21. The van der Waals surface area contributed by atoms with Gasteiger partial charge in [-0.2, -0.15) is 0 Å². The van der Waals surface area contributed by atoms with Gasteiger partial charge in [0.15, 0.2) is 0 Å². The number of anilines is 2. The Morgan fingerprint density at radius 3 is 2.04 bits per heavy atom. The molecule has 24 heavy (non-hydrogen) atoms. The van der Waals surface area contributed by atoms with Gasteiger partial charge in [-0.25, -0.2) is 0 Å². The highest BCUT2D eigenvalue weighted by molar-refractivity contribution is 7.99. The quantitative estimate of drug-likeness (QED) is 0.725. The monoisotopic (exact) mass is 360 g/mol. The van der Waals surface area contributed by atoms with Crippen LogP contribution in [-0.2, 0) is 15.3 Å². The van der Waals surface area contributed by atoms with Crippen molar-refractivity contribution in [3.8, 4) is 0 Å². The zero-order valence-electron chi connectivity index (χ0n) is 13.7. The Morgan fingerprint density at radius 2 is 1.50 bits per heavy atom. The molecule has 0 saturated carbocycles. The lowest BCUT2D eigenvalue weighted by molar-refractivity contribution is -0.114. The van der Waals surface area contributed by atoms with Gasteiger partial charge in [0.1, 0.15) is 0 Å². The van der Waals surface area contributed by atoms with Crippen LogP contribution in [0.25, 0.3) is 0 Å². The lowest BCUT2D eigenvalue weighted by atomic mass is 10.2. The van der Waals surface area contributed by atoms with E-state index in [4.69, 9.17) is 0 Å². The van der Waals surface area contributed by atoms with Crippen LogP contribution in [0, 0.1) is 0 Å². The fourth-order valence-corrected chi connectivity index (χ4v) is 3.22. The third-order valence-electron chi connectivity index (χ3n) is 3.15. The Bertz CT molecular complexity index is 685. The SMILES string of the molecule is CSc1ccc(CSCC(=O)Nc2ccc(NC(C)=O)cc2)cc1. The van der Waals surface area contributed by atoms with E-state index in [9.17, 15) is 9.59 Å². The molecule has 2 aromatic rings. The minimum Gasteiger partial charge on any atom is -0.326 e. The van der Waals surface area contributed by atoms with Crippen LogP contribution in [0.4, 0.5) is 11.4 Å². The molecule has 2 aromatic carbocycles. The van der Waals surface area contributed by atoms with Crippen molar-refractivity contribution >= 4 is 46.7 Å². The number of rotatable bonds is 7. The number of nitrogens with one attached hydrogen (secondary N) is 2. The van der Waals surface area contributed by atoms with Gasteiger partial charge >= 0.3 is 0 Å². The van der Waals surface area contributed by atoms with Crippen molar-refractivity contribution in [3.63, 3.8) is 0 Å². The Balaban J connectivity index is 1.75. The average Bonchev–Trinajstić information content (AvgIpc) is 2.57. The fourth-order valence-electron chi connectivity index (χ4n) is 2.02. The molecule has 0 aliphatic heterocycles. The fraction of sp³-hybridized carbons (Fsp3) is 0.222. The van der Waals surface area contributed by atoms with Crippen molar-refractivity contribution in [2.75, 3.05) is 22.6 Å². The van der Waals surface area contributed by atoms with Crippen LogP contribution in [0.15, 0.2) is 53.4 Å². The second-order valence-electron chi connectivity index (χ2n) is 5.15. The molecule has 4 nitrogen and oxygen atoms in total. The van der Waals surface area contributed by atoms with Gasteiger partial charge in [0.05, 0.1) is 5.75 Å². The van der Waals surface area contributed by atoms with Crippen LogP contribution >= 0.6 is 23.5 Å². The Labute approximate surface area is 150 Å². The first-order valence-electron chi connectivity index (χ1n) is 7.45. The molecule has 0 aliphatic rings. The van der Waals surface area contributed by atoms with Crippen LogP contribution in [-0.4, -0.2) is 23.8 Å². The molecule has 126 valence electrons. The van der Waals surface area contributed by atoms with E-state index in [1.165, 1.54) is 17.4 Å². The Hall–Kier alpha value is -1.92. The summed E-state index contributed by atoms with van der Waals surface area (Å²) in [6.07, 6.45) is 2.05. The summed E-state index contributed by atoms with van der Waals surface area (Å²) in [5, 5.41) is 5.54. The predicted molar refractivity (Wildman–Crippen MR) is 104 cm³/mol. The van der Waals surface area contributed by atoms with Gasteiger partial charge in [-0.15, -0.1) is 23.5 Å². The lowest BCUT2D eigenvalue weighted by Crippen LogP contribution is -2.14. The maximum absolute atomic E-state index is 12.0. The molecule has 0 heterocycles. The van der Waals surface area contributed by atoms with Crippen molar-refractivity contribution in [2.24, 2.45) is 0 Å². The van der Waals surface area contributed by atoms with Crippen LogP contribution in [0.3, 0.4) is 0 Å². The van der Waals surface area contributed by atoms with Gasteiger partial charge in [0.2, 0.25) is 11.8 Å². The van der Waals surface area contributed by atoms with Crippen molar-refractivity contribution < 1.29 is 9.59 Å². The largest absolute Gasteiger partial charge is 0.326 e. The van der Waals surface area contributed by atoms with Gasteiger partial charge in [0, 0.05) is 28.9 Å². The summed E-state index contributed by atoms with van der Waals surface area (Å²) in [6.45, 7) is 1.46. The van der Waals surface area contributed by atoms with Crippen LogP contribution < -0.4 is 10.6 Å². The zero-order chi connectivity index (χ0) is 17.4. The summed E-state index contributed by atoms with van der Waals surface area (Å²) in [4.78, 5) is 24.2. The highest BCUT2D eigenvalue weighted by atomic mass is 32.2. The molecule has 0 unspecified atom stereocenters. The van der Waals surface area contributed by atoms with Crippen LogP contribution in [0.2, 0.25) is 0 Å². The standard InChI is InChI=1S/C18H20N2O2S2/c1-13(21)19-15-5-7-16(8-6-15)20-18(22)12-24-11-14-3-9-17(23-2)10-4-14/h3-10H,11-12H2,1-2H3,(H,19,21)(H,20,22). The molecule has 2 amide bonds. The molecular formula is C18H20N2O2S2. The maximum Gasteiger partial charge on any atom is 0.234 e. The molecule has 0 saturated heterocycles. The van der Waals surface area contributed by atoms with Gasteiger partial charge < -0.3 is 10.6 Å². The molecule has 6 heteroatoms. The second kappa shape index (κ2) is 9.39. The lowest BCUT2D eigenvalue weighted by Gasteiger charge is -2.07. The average molecular weight is 361 g/mol. The summed E-state index contributed by atoms with van der Waals surface area (Å²) in [6, 6.07) is 15.4. The van der Waals surface area contributed by atoms with E-state index in [0.717, 1.165) is 11.4 Å². The van der Waals surface area contributed by atoms with E-state index >= 15 is 0 Å². The third-order valence-corrected chi connectivity index (χ3v) is 4.90. The highest BCUT2D eigenvalue weighted by Gasteiger charge is 2.04. The minimum absolute atomic E-state index is 0.0342. The van der Waals surface area contributed by atoms with Gasteiger partial charge in [0.25, 0.3) is 0 Å². The van der Waals surface area contributed by atoms with E-state index in [1.807, 2.05) is 0 Å². The molecule has 0 atom stereocenters. The normalized spacial score (nSPS) is 10.2. The Morgan fingerprint density at radius 1 is 0.917 bits per heavy atom.